The number of carbonyl (C=O) groups excluding carboxylic acids is 1. The summed E-state index contributed by atoms with van der Waals surface area (Å²) >= 11 is 0. The Kier molecular flexibility index (Phi) is 3.34. The van der Waals surface area contributed by atoms with Crippen molar-refractivity contribution in [1.29, 1.82) is 0 Å². The van der Waals surface area contributed by atoms with E-state index in [0.29, 0.717) is 22.6 Å². The van der Waals surface area contributed by atoms with E-state index in [1.54, 1.807) is 32.0 Å². The number of nitrogens with one attached hydrogen (secondary N) is 1. The number of anilines is 1. The molecule has 1 amide bonds. The Bertz CT molecular complexity index is 641. The minimum absolute atomic E-state index is 0.162. The SMILES string of the molecule is Cc1oc(C)c(C(=O)Nc2cccc(O)c2C)c1C. The number of phenols is 1. The van der Waals surface area contributed by atoms with Crippen LogP contribution in [0.3, 0.4) is 0 Å². The Labute approximate surface area is 112 Å². The van der Waals surface area contributed by atoms with Crippen molar-refractivity contribution in [3.8, 4) is 5.75 Å². The van der Waals surface area contributed by atoms with Crippen LogP contribution in [0.4, 0.5) is 5.69 Å². The van der Waals surface area contributed by atoms with Crippen LogP contribution >= 0.6 is 0 Å². The van der Waals surface area contributed by atoms with E-state index < -0.39 is 0 Å². The molecule has 0 aliphatic carbocycles. The average molecular weight is 259 g/mol. The summed E-state index contributed by atoms with van der Waals surface area (Å²) in [6.07, 6.45) is 0. The van der Waals surface area contributed by atoms with Gasteiger partial charge in [-0.25, -0.2) is 0 Å². The molecule has 2 N–H and O–H groups in total. The molecule has 0 saturated heterocycles. The lowest BCUT2D eigenvalue weighted by Crippen LogP contribution is -2.14. The van der Waals surface area contributed by atoms with Crippen LogP contribution in [0.5, 0.6) is 5.75 Å². The Morgan fingerprint density at radius 2 is 1.79 bits per heavy atom. The van der Waals surface area contributed by atoms with Gasteiger partial charge in [0.05, 0.1) is 5.56 Å². The quantitative estimate of drug-likeness (QED) is 0.868. The van der Waals surface area contributed by atoms with Gasteiger partial charge in [0.15, 0.2) is 0 Å². The van der Waals surface area contributed by atoms with Gasteiger partial charge in [-0.05, 0) is 39.8 Å². The first-order valence-corrected chi connectivity index (χ1v) is 6.08. The number of furan rings is 1. The number of phenolic OH excluding ortho intramolecular Hbond substituents is 1. The van der Waals surface area contributed by atoms with Gasteiger partial charge in [-0.15, -0.1) is 0 Å². The molecule has 4 nitrogen and oxygen atoms in total. The molecule has 0 atom stereocenters. The second kappa shape index (κ2) is 4.80. The molecule has 100 valence electrons. The van der Waals surface area contributed by atoms with Gasteiger partial charge in [-0.2, -0.15) is 0 Å². The minimum atomic E-state index is -0.222. The predicted molar refractivity (Wildman–Crippen MR) is 73.7 cm³/mol. The van der Waals surface area contributed by atoms with Gasteiger partial charge in [0.25, 0.3) is 5.91 Å². The zero-order valence-electron chi connectivity index (χ0n) is 11.5. The van der Waals surface area contributed by atoms with E-state index in [1.807, 2.05) is 13.8 Å². The fourth-order valence-corrected chi connectivity index (χ4v) is 2.07. The Morgan fingerprint density at radius 1 is 1.11 bits per heavy atom. The van der Waals surface area contributed by atoms with E-state index in [1.165, 1.54) is 0 Å². The maximum atomic E-state index is 12.3. The van der Waals surface area contributed by atoms with Gasteiger partial charge in [-0.3, -0.25) is 4.79 Å². The van der Waals surface area contributed by atoms with Crippen LogP contribution in [-0.4, -0.2) is 11.0 Å². The van der Waals surface area contributed by atoms with Crippen LogP contribution in [0.1, 0.15) is 33.0 Å². The number of hydrogen-bond acceptors (Lipinski definition) is 3. The fourth-order valence-electron chi connectivity index (χ4n) is 2.07. The highest BCUT2D eigenvalue weighted by atomic mass is 16.3. The van der Waals surface area contributed by atoms with Gasteiger partial charge in [0, 0.05) is 16.8 Å². The molecule has 19 heavy (non-hydrogen) atoms. The first-order valence-electron chi connectivity index (χ1n) is 6.08. The molecule has 0 unspecified atom stereocenters. The van der Waals surface area contributed by atoms with E-state index >= 15 is 0 Å². The summed E-state index contributed by atoms with van der Waals surface area (Å²) < 4.78 is 5.45. The zero-order valence-corrected chi connectivity index (χ0v) is 11.5. The molecule has 2 rings (SSSR count). The van der Waals surface area contributed by atoms with Crippen LogP contribution in [0.25, 0.3) is 0 Å². The van der Waals surface area contributed by atoms with Crippen LogP contribution in [-0.2, 0) is 0 Å². The van der Waals surface area contributed by atoms with Crippen LogP contribution < -0.4 is 5.32 Å². The molecule has 0 saturated carbocycles. The summed E-state index contributed by atoms with van der Waals surface area (Å²) in [5, 5.41) is 12.4. The van der Waals surface area contributed by atoms with Gasteiger partial charge >= 0.3 is 0 Å². The molecule has 0 aliphatic heterocycles. The molecule has 2 aromatic rings. The molecular formula is C15H17NO3. The van der Waals surface area contributed by atoms with Gasteiger partial charge in [-0.1, -0.05) is 6.07 Å². The Morgan fingerprint density at radius 3 is 2.37 bits per heavy atom. The smallest absolute Gasteiger partial charge is 0.259 e. The standard InChI is InChI=1S/C15H17NO3/c1-8-10(3)19-11(4)14(8)15(18)16-12-6-5-7-13(17)9(12)2/h5-7,17H,1-4H3,(H,16,18). The highest BCUT2D eigenvalue weighted by molar-refractivity contribution is 6.06. The first-order chi connectivity index (χ1) is 8.91. The van der Waals surface area contributed by atoms with Crippen molar-refractivity contribution in [2.45, 2.75) is 27.7 Å². The number of benzene rings is 1. The summed E-state index contributed by atoms with van der Waals surface area (Å²) in [6, 6.07) is 5.03. The highest BCUT2D eigenvalue weighted by Gasteiger charge is 2.19. The minimum Gasteiger partial charge on any atom is -0.508 e. The molecule has 0 fully saturated rings. The van der Waals surface area contributed by atoms with Crippen molar-refractivity contribution >= 4 is 11.6 Å². The van der Waals surface area contributed by atoms with E-state index in [4.69, 9.17) is 4.42 Å². The van der Waals surface area contributed by atoms with Crippen molar-refractivity contribution in [3.63, 3.8) is 0 Å². The van der Waals surface area contributed by atoms with Crippen LogP contribution in [0.2, 0.25) is 0 Å². The molecule has 4 heteroatoms. The number of carbonyl (C=O) groups is 1. The lowest BCUT2D eigenvalue weighted by molar-refractivity contribution is 0.102. The lowest BCUT2D eigenvalue weighted by atomic mass is 10.1. The number of aryl methyl sites for hydroxylation is 2. The monoisotopic (exact) mass is 259 g/mol. The molecular weight excluding hydrogens is 242 g/mol. The number of amides is 1. The molecule has 0 aliphatic rings. The summed E-state index contributed by atoms with van der Waals surface area (Å²) in [4.78, 5) is 12.3. The van der Waals surface area contributed by atoms with E-state index in [0.717, 1.165) is 11.3 Å². The Balaban J connectivity index is 2.34. The van der Waals surface area contributed by atoms with Crippen molar-refractivity contribution in [2.24, 2.45) is 0 Å². The molecule has 1 aromatic heterocycles. The number of aromatic hydroxyl groups is 1. The first kappa shape index (κ1) is 13.2. The third-order valence-corrected chi connectivity index (χ3v) is 3.34. The van der Waals surface area contributed by atoms with Crippen molar-refractivity contribution < 1.29 is 14.3 Å². The van der Waals surface area contributed by atoms with Crippen molar-refractivity contribution in [1.82, 2.24) is 0 Å². The van der Waals surface area contributed by atoms with Crippen LogP contribution in [0.15, 0.2) is 22.6 Å². The summed E-state index contributed by atoms with van der Waals surface area (Å²) in [5.41, 5.74) is 2.64. The third-order valence-electron chi connectivity index (χ3n) is 3.34. The van der Waals surface area contributed by atoms with Gasteiger partial charge in [0.2, 0.25) is 0 Å². The van der Waals surface area contributed by atoms with Gasteiger partial charge in [0.1, 0.15) is 17.3 Å². The maximum Gasteiger partial charge on any atom is 0.259 e. The predicted octanol–water partition coefficient (Wildman–Crippen LogP) is 3.47. The zero-order chi connectivity index (χ0) is 14.2. The molecule has 1 heterocycles. The fraction of sp³-hybridized carbons (Fsp3) is 0.267. The van der Waals surface area contributed by atoms with Crippen LogP contribution in [0, 0.1) is 27.7 Å². The third kappa shape index (κ3) is 2.34. The molecule has 0 bridgehead atoms. The molecule has 1 aromatic carbocycles. The second-order valence-corrected chi connectivity index (χ2v) is 4.62. The second-order valence-electron chi connectivity index (χ2n) is 4.62. The number of hydrogen-bond donors (Lipinski definition) is 2. The van der Waals surface area contributed by atoms with Crippen molar-refractivity contribution in [3.05, 3.63) is 46.4 Å². The average Bonchev–Trinajstić information content (AvgIpc) is 2.59. The molecule has 0 radical (unpaired) electrons. The van der Waals surface area contributed by atoms with E-state index in [9.17, 15) is 9.90 Å². The van der Waals surface area contributed by atoms with Gasteiger partial charge < -0.3 is 14.8 Å². The van der Waals surface area contributed by atoms with E-state index in [2.05, 4.69) is 5.32 Å². The summed E-state index contributed by atoms with van der Waals surface area (Å²) in [5.74, 6) is 1.29. The normalized spacial score (nSPS) is 10.5. The topological polar surface area (TPSA) is 62.5 Å². The maximum absolute atomic E-state index is 12.3. The highest BCUT2D eigenvalue weighted by Crippen LogP contribution is 2.26. The summed E-state index contributed by atoms with van der Waals surface area (Å²) in [6.45, 7) is 7.21. The Hall–Kier alpha value is -2.23. The van der Waals surface area contributed by atoms with E-state index in [-0.39, 0.29) is 11.7 Å². The molecule has 0 spiro atoms. The lowest BCUT2D eigenvalue weighted by Gasteiger charge is -2.09. The number of rotatable bonds is 2. The van der Waals surface area contributed by atoms with Crippen molar-refractivity contribution in [2.75, 3.05) is 5.32 Å². The largest absolute Gasteiger partial charge is 0.508 e. The summed E-state index contributed by atoms with van der Waals surface area (Å²) in [7, 11) is 0.